The minimum absolute atomic E-state index is 0.00317. The van der Waals surface area contributed by atoms with E-state index in [0.29, 0.717) is 17.9 Å². The molecule has 2 N–H and O–H groups in total. The molecule has 1 aliphatic rings. The van der Waals surface area contributed by atoms with Crippen molar-refractivity contribution in [1.29, 1.82) is 0 Å². The maximum absolute atomic E-state index is 12.0. The summed E-state index contributed by atoms with van der Waals surface area (Å²) in [4.78, 5) is 35.4. The number of Topliss-reactive ketones (excluding diaryl/α,β-unsaturated/α-hetero) is 1. The average molecular weight is 332 g/mol. The lowest BCUT2D eigenvalue weighted by molar-refractivity contribution is -0.140. The van der Waals surface area contributed by atoms with Gasteiger partial charge in [0.2, 0.25) is 5.91 Å². The van der Waals surface area contributed by atoms with Crippen molar-refractivity contribution < 1.29 is 19.1 Å². The molecule has 0 heterocycles. The third-order valence-corrected chi connectivity index (χ3v) is 4.99. The van der Waals surface area contributed by atoms with Gasteiger partial charge in [-0.3, -0.25) is 14.9 Å². The van der Waals surface area contributed by atoms with Crippen molar-refractivity contribution in [1.82, 2.24) is 5.32 Å². The Morgan fingerprint density at radius 2 is 1.83 bits per heavy atom. The number of amides is 3. The topological polar surface area (TPSA) is 84.5 Å². The van der Waals surface area contributed by atoms with E-state index in [9.17, 15) is 14.4 Å². The first-order valence-electron chi connectivity index (χ1n) is 7.99. The summed E-state index contributed by atoms with van der Waals surface area (Å²) < 4.78 is 5.04. The molecule has 1 aliphatic carbocycles. The van der Waals surface area contributed by atoms with Gasteiger partial charge >= 0.3 is 6.03 Å². The SMILES string of the molecule is COc1ccc(NC(=O)NC(=O)C[C@@H]2C[C@@H](C(C)=O)C2(C)C)cc1. The summed E-state index contributed by atoms with van der Waals surface area (Å²) >= 11 is 0. The van der Waals surface area contributed by atoms with Gasteiger partial charge in [0.05, 0.1) is 7.11 Å². The number of ether oxygens (including phenoxy) is 1. The zero-order chi connectivity index (χ0) is 17.9. The second-order valence-electron chi connectivity index (χ2n) is 6.85. The van der Waals surface area contributed by atoms with Crippen LogP contribution in [0.4, 0.5) is 10.5 Å². The molecule has 1 aromatic carbocycles. The monoisotopic (exact) mass is 332 g/mol. The van der Waals surface area contributed by atoms with Crippen LogP contribution < -0.4 is 15.4 Å². The normalized spacial score (nSPS) is 21.3. The van der Waals surface area contributed by atoms with Crippen molar-refractivity contribution >= 4 is 23.4 Å². The van der Waals surface area contributed by atoms with Crippen molar-refractivity contribution in [2.24, 2.45) is 17.3 Å². The summed E-state index contributed by atoms with van der Waals surface area (Å²) in [5.41, 5.74) is 0.372. The fourth-order valence-electron chi connectivity index (χ4n) is 3.29. The zero-order valence-corrected chi connectivity index (χ0v) is 14.5. The smallest absolute Gasteiger partial charge is 0.325 e. The molecular formula is C18H24N2O4. The number of methoxy groups -OCH3 is 1. The van der Waals surface area contributed by atoms with Gasteiger partial charge < -0.3 is 10.1 Å². The van der Waals surface area contributed by atoms with Crippen LogP contribution in [0.1, 0.15) is 33.6 Å². The number of carbonyl (C=O) groups is 3. The Morgan fingerprint density at radius 3 is 2.33 bits per heavy atom. The van der Waals surface area contributed by atoms with Crippen molar-refractivity contribution in [2.45, 2.75) is 33.6 Å². The average Bonchev–Trinajstić information content (AvgIpc) is 2.51. The molecule has 24 heavy (non-hydrogen) atoms. The van der Waals surface area contributed by atoms with Crippen LogP contribution in [0.3, 0.4) is 0 Å². The third-order valence-electron chi connectivity index (χ3n) is 4.99. The van der Waals surface area contributed by atoms with Crippen molar-refractivity contribution in [2.75, 3.05) is 12.4 Å². The van der Waals surface area contributed by atoms with E-state index in [-0.39, 0.29) is 35.4 Å². The molecule has 3 amide bonds. The number of imide groups is 1. The van der Waals surface area contributed by atoms with Gasteiger partial charge in [0.1, 0.15) is 11.5 Å². The number of carbonyl (C=O) groups excluding carboxylic acids is 3. The number of nitrogens with one attached hydrogen (secondary N) is 2. The van der Waals surface area contributed by atoms with Gasteiger partial charge in [0, 0.05) is 18.0 Å². The number of urea groups is 1. The highest BCUT2D eigenvalue weighted by Crippen LogP contribution is 2.53. The molecule has 0 saturated heterocycles. The van der Waals surface area contributed by atoms with Crippen LogP contribution in [0.15, 0.2) is 24.3 Å². The molecular weight excluding hydrogens is 308 g/mol. The molecule has 2 atom stereocenters. The van der Waals surface area contributed by atoms with E-state index >= 15 is 0 Å². The summed E-state index contributed by atoms with van der Waals surface area (Å²) in [6.45, 7) is 5.58. The molecule has 0 radical (unpaired) electrons. The Labute approximate surface area is 142 Å². The molecule has 6 nitrogen and oxygen atoms in total. The minimum atomic E-state index is -0.564. The van der Waals surface area contributed by atoms with E-state index in [0.717, 1.165) is 0 Å². The van der Waals surface area contributed by atoms with Crippen LogP contribution in [0.5, 0.6) is 5.75 Å². The second kappa shape index (κ2) is 7.03. The van der Waals surface area contributed by atoms with Gasteiger partial charge in [-0.15, -0.1) is 0 Å². The Balaban J connectivity index is 1.82. The lowest BCUT2D eigenvalue weighted by Gasteiger charge is -2.51. The van der Waals surface area contributed by atoms with Crippen molar-refractivity contribution in [3.8, 4) is 5.75 Å². The molecule has 1 aromatic rings. The van der Waals surface area contributed by atoms with E-state index in [1.807, 2.05) is 13.8 Å². The minimum Gasteiger partial charge on any atom is -0.497 e. The molecule has 130 valence electrons. The molecule has 1 saturated carbocycles. The summed E-state index contributed by atoms with van der Waals surface area (Å²) in [6.07, 6.45) is 0.947. The fraction of sp³-hybridized carbons (Fsp3) is 0.500. The van der Waals surface area contributed by atoms with Crippen LogP contribution in [-0.2, 0) is 9.59 Å². The molecule has 0 bridgehead atoms. The molecule has 6 heteroatoms. The van der Waals surface area contributed by atoms with Crippen LogP contribution in [0.25, 0.3) is 0 Å². The van der Waals surface area contributed by atoms with E-state index < -0.39 is 6.03 Å². The molecule has 1 fully saturated rings. The Bertz CT molecular complexity index is 637. The second-order valence-corrected chi connectivity index (χ2v) is 6.85. The number of hydrogen-bond donors (Lipinski definition) is 2. The molecule has 0 spiro atoms. The summed E-state index contributed by atoms with van der Waals surface area (Å²) in [5.74, 6) is 0.628. The van der Waals surface area contributed by atoms with Crippen LogP contribution in [-0.4, -0.2) is 24.8 Å². The lowest BCUT2D eigenvalue weighted by Crippen LogP contribution is -2.50. The predicted molar refractivity (Wildman–Crippen MR) is 90.8 cm³/mol. The predicted octanol–water partition coefficient (Wildman–Crippen LogP) is 2.98. The van der Waals surface area contributed by atoms with E-state index in [4.69, 9.17) is 4.74 Å². The number of ketones is 1. The van der Waals surface area contributed by atoms with Gasteiger partial charge in [-0.05, 0) is 48.9 Å². The number of anilines is 1. The summed E-state index contributed by atoms with van der Waals surface area (Å²) in [6, 6.07) is 6.25. The maximum atomic E-state index is 12.0. The number of rotatable bonds is 5. The first-order valence-corrected chi connectivity index (χ1v) is 7.99. The summed E-state index contributed by atoms with van der Waals surface area (Å²) in [7, 11) is 1.56. The Hall–Kier alpha value is -2.37. The lowest BCUT2D eigenvalue weighted by atomic mass is 9.52. The maximum Gasteiger partial charge on any atom is 0.325 e. The zero-order valence-electron chi connectivity index (χ0n) is 14.5. The Morgan fingerprint density at radius 1 is 1.21 bits per heavy atom. The van der Waals surface area contributed by atoms with Crippen molar-refractivity contribution in [3.05, 3.63) is 24.3 Å². The van der Waals surface area contributed by atoms with Crippen molar-refractivity contribution in [3.63, 3.8) is 0 Å². The third kappa shape index (κ3) is 3.93. The van der Waals surface area contributed by atoms with Gasteiger partial charge in [0.15, 0.2) is 0 Å². The quantitative estimate of drug-likeness (QED) is 0.868. The molecule has 2 rings (SSSR count). The largest absolute Gasteiger partial charge is 0.497 e. The highest BCUT2D eigenvalue weighted by molar-refractivity contribution is 6.01. The van der Waals surface area contributed by atoms with Crippen LogP contribution >= 0.6 is 0 Å². The summed E-state index contributed by atoms with van der Waals surface area (Å²) in [5, 5.41) is 4.93. The standard InChI is InChI=1S/C18H24N2O4/c1-11(21)15-9-12(18(15,2)3)10-16(22)20-17(23)19-13-5-7-14(24-4)8-6-13/h5-8,12,15H,9-10H2,1-4H3,(H2,19,20,22,23)/t12-,15-/m0/s1. The van der Waals surface area contributed by atoms with Gasteiger partial charge in [-0.1, -0.05) is 13.8 Å². The van der Waals surface area contributed by atoms with Crippen LogP contribution in [0.2, 0.25) is 0 Å². The van der Waals surface area contributed by atoms with Gasteiger partial charge in [-0.2, -0.15) is 0 Å². The van der Waals surface area contributed by atoms with Gasteiger partial charge in [0.25, 0.3) is 0 Å². The van der Waals surface area contributed by atoms with Gasteiger partial charge in [-0.25, -0.2) is 4.79 Å². The van der Waals surface area contributed by atoms with E-state index in [1.54, 1.807) is 38.3 Å². The highest BCUT2D eigenvalue weighted by atomic mass is 16.5. The molecule has 0 unspecified atom stereocenters. The first kappa shape index (κ1) is 18.0. The highest BCUT2D eigenvalue weighted by Gasteiger charge is 2.50. The first-order chi connectivity index (χ1) is 11.2. The number of hydrogen-bond acceptors (Lipinski definition) is 4. The van der Waals surface area contributed by atoms with Crippen LogP contribution in [0, 0.1) is 17.3 Å². The van der Waals surface area contributed by atoms with E-state index in [2.05, 4.69) is 10.6 Å². The number of benzene rings is 1. The molecule has 0 aliphatic heterocycles. The fourth-order valence-corrected chi connectivity index (χ4v) is 3.29. The Kier molecular flexibility index (Phi) is 5.26. The van der Waals surface area contributed by atoms with E-state index in [1.165, 1.54) is 0 Å². The molecule has 0 aromatic heterocycles.